The first-order valence-electron chi connectivity index (χ1n) is 5.60. The van der Waals surface area contributed by atoms with Gasteiger partial charge in [0.2, 0.25) is 0 Å². The van der Waals surface area contributed by atoms with Crippen molar-refractivity contribution < 1.29 is 18.5 Å². The van der Waals surface area contributed by atoms with Crippen LogP contribution in [-0.4, -0.2) is 10.8 Å². The van der Waals surface area contributed by atoms with Gasteiger partial charge in [0.1, 0.15) is 22.3 Å². The Kier molecular flexibility index (Phi) is 4.13. The first kappa shape index (κ1) is 14.9. The number of carbonyl (C=O) groups is 1. The minimum Gasteiger partial charge on any atom is -0.317 e. The van der Waals surface area contributed by atoms with E-state index >= 15 is 0 Å². The summed E-state index contributed by atoms with van der Waals surface area (Å²) >= 11 is 5.75. The summed E-state index contributed by atoms with van der Waals surface area (Å²) in [6.07, 6.45) is 0. The Bertz CT molecular complexity index is 717. The molecule has 8 heteroatoms. The molecule has 108 valence electrons. The van der Waals surface area contributed by atoms with Gasteiger partial charge < -0.3 is 5.32 Å². The number of hydrogen-bond acceptors (Lipinski definition) is 3. The van der Waals surface area contributed by atoms with Gasteiger partial charge in [-0.1, -0.05) is 23.7 Å². The summed E-state index contributed by atoms with van der Waals surface area (Å²) in [5.41, 5.74) is -1.38. The van der Waals surface area contributed by atoms with E-state index in [-0.39, 0.29) is 5.56 Å². The number of nitrogens with zero attached hydrogens (tertiary/aromatic N) is 1. The maximum atomic E-state index is 13.4. The molecule has 0 radical (unpaired) electrons. The number of para-hydroxylation sites is 1. The van der Waals surface area contributed by atoms with Crippen molar-refractivity contribution in [3.05, 3.63) is 68.7 Å². The van der Waals surface area contributed by atoms with Crippen molar-refractivity contribution in [3.63, 3.8) is 0 Å². The molecule has 0 heterocycles. The Morgan fingerprint density at radius 3 is 2.29 bits per heavy atom. The van der Waals surface area contributed by atoms with Crippen molar-refractivity contribution in [3.8, 4) is 0 Å². The van der Waals surface area contributed by atoms with E-state index in [9.17, 15) is 23.7 Å². The smallest absolute Gasteiger partial charge is 0.288 e. The molecule has 0 saturated carbocycles. The molecule has 1 amide bonds. The highest BCUT2D eigenvalue weighted by molar-refractivity contribution is 6.36. The fourth-order valence-corrected chi connectivity index (χ4v) is 1.92. The van der Waals surface area contributed by atoms with E-state index in [2.05, 4.69) is 0 Å². The third-order valence-corrected chi connectivity index (χ3v) is 3.02. The van der Waals surface area contributed by atoms with E-state index in [1.165, 1.54) is 12.1 Å². The molecule has 1 N–H and O–H groups in total. The van der Waals surface area contributed by atoms with Gasteiger partial charge >= 0.3 is 0 Å². The second-order valence-electron chi connectivity index (χ2n) is 3.95. The summed E-state index contributed by atoms with van der Waals surface area (Å²) in [7, 11) is 0. The molecule has 0 fully saturated rings. The fraction of sp³-hybridized carbons (Fsp3) is 0. The highest BCUT2D eigenvalue weighted by atomic mass is 35.5. The Labute approximate surface area is 122 Å². The number of nitro groups is 1. The summed E-state index contributed by atoms with van der Waals surface area (Å²) in [6, 6.07) is 6.64. The van der Waals surface area contributed by atoms with E-state index in [0.717, 1.165) is 24.3 Å². The highest BCUT2D eigenvalue weighted by Crippen LogP contribution is 2.29. The standard InChI is InChI=1S/C13H7ClF2N2O3/c14-11-7(3-1-6-10(11)18(20)21)13(19)17-12-8(15)4-2-5-9(12)16/h1-6H,(H,17,19). The Balaban J connectivity index is 2.38. The summed E-state index contributed by atoms with van der Waals surface area (Å²) in [4.78, 5) is 21.9. The predicted octanol–water partition coefficient (Wildman–Crippen LogP) is 3.78. The molecular weight excluding hydrogens is 306 g/mol. The molecule has 0 spiro atoms. The monoisotopic (exact) mass is 312 g/mol. The molecule has 5 nitrogen and oxygen atoms in total. The lowest BCUT2D eigenvalue weighted by atomic mass is 10.1. The highest BCUT2D eigenvalue weighted by Gasteiger charge is 2.21. The van der Waals surface area contributed by atoms with Crippen molar-refractivity contribution in [2.24, 2.45) is 0 Å². The molecular formula is C13H7ClF2N2O3. The van der Waals surface area contributed by atoms with Crippen LogP contribution in [0.1, 0.15) is 10.4 Å². The number of benzene rings is 2. The number of nitro benzene ring substituents is 1. The van der Waals surface area contributed by atoms with Crippen molar-refractivity contribution in [2.45, 2.75) is 0 Å². The molecule has 0 aliphatic carbocycles. The van der Waals surface area contributed by atoms with Crippen LogP contribution in [0.25, 0.3) is 0 Å². The normalized spacial score (nSPS) is 10.2. The van der Waals surface area contributed by atoms with Gasteiger partial charge in [-0.15, -0.1) is 0 Å². The first-order chi connectivity index (χ1) is 9.91. The van der Waals surface area contributed by atoms with Gasteiger partial charge in [-0.25, -0.2) is 8.78 Å². The number of halogens is 3. The van der Waals surface area contributed by atoms with Crippen molar-refractivity contribution >= 4 is 28.9 Å². The minimum atomic E-state index is -0.968. The zero-order valence-corrected chi connectivity index (χ0v) is 11.0. The lowest BCUT2D eigenvalue weighted by Gasteiger charge is -2.08. The maximum Gasteiger partial charge on any atom is 0.288 e. The van der Waals surface area contributed by atoms with Crippen molar-refractivity contribution in [2.75, 3.05) is 5.32 Å². The summed E-state index contributed by atoms with van der Waals surface area (Å²) in [6.45, 7) is 0. The molecule has 2 aromatic carbocycles. The summed E-state index contributed by atoms with van der Waals surface area (Å²) < 4.78 is 26.9. The minimum absolute atomic E-state index is 0.256. The van der Waals surface area contributed by atoms with E-state index in [0.29, 0.717) is 0 Å². The molecule has 0 bridgehead atoms. The number of hydrogen-bond donors (Lipinski definition) is 1. The molecule has 0 aliphatic rings. The number of rotatable bonds is 3. The largest absolute Gasteiger partial charge is 0.317 e. The number of carbonyl (C=O) groups excluding carboxylic acids is 1. The number of anilines is 1. The molecule has 0 aromatic heterocycles. The zero-order valence-electron chi connectivity index (χ0n) is 10.3. The predicted molar refractivity (Wildman–Crippen MR) is 72.4 cm³/mol. The Morgan fingerprint density at radius 1 is 1.14 bits per heavy atom. The van der Waals surface area contributed by atoms with Gasteiger partial charge in [-0.3, -0.25) is 14.9 Å². The van der Waals surface area contributed by atoms with E-state index in [4.69, 9.17) is 11.6 Å². The lowest BCUT2D eigenvalue weighted by Crippen LogP contribution is -2.15. The lowest BCUT2D eigenvalue weighted by molar-refractivity contribution is -0.384. The van der Waals surface area contributed by atoms with Gasteiger partial charge in [0, 0.05) is 6.07 Å². The van der Waals surface area contributed by atoms with E-state index in [1.54, 1.807) is 0 Å². The van der Waals surface area contributed by atoms with Crippen LogP contribution in [0.15, 0.2) is 36.4 Å². The van der Waals surface area contributed by atoms with Crippen LogP contribution in [0.5, 0.6) is 0 Å². The van der Waals surface area contributed by atoms with E-state index < -0.39 is 38.9 Å². The van der Waals surface area contributed by atoms with Gasteiger partial charge in [0.05, 0.1) is 10.5 Å². The summed E-state index contributed by atoms with van der Waals surface area (Å²) in [5.74, 6) is -2.89. The van der Waals surface area contributed by atoms with Crippen LogP contribution >= 0.6 is 11.6 Å². The summed E-state index contributed by atoms with van der Waals surface area (Å²) in [5, 5.41) is 12.3. The average molecular weight is 313 g/mol. The fourth-order valence-electron chi connectivity index (χ4n) is 1.63. The second-order valence-corrected chi connectivity index (χ2v) is 4.32. The van der Waals surface area contributed by atoms with Crippen LogP contribution in [0.3, 0.4) is 0 Å². The van der Waals surface area contributed by atoms with Gasteiger partial charge in [-0.05, 0) is 18.2 Å². The molecule has 0 unspecified atom stereocenters. The molecule has 21 heavy (non-hydrogen) atoms. The second kappa shape index (κ2) is 5.84. The Morgan fingerprint density at radius 2 is 1.71 bits per heavy atom. The molecule has 2 aromatic rings. The number of nitrogens with one attached hydrogen (secondary N) is 1. The zero-order chi connectivity index (χ0) is 15.6. The van der Waals surface area contributed by atoms with Gasteiger partial charge in [-0.2, -0.15) is 0 Å². The Hall–Kier alpha value is -2.54. The quantitative estimate of drug-likeness (QED) is 0.692. The topological polar surface area (TPSA) is 72.2 Å². The molecule has 0 atom stereocenters. The molecule has 2 rings (SSSR count). The van der Waals surface area contributed by atoms with Crippen LogP contribution in [0.2, 0.25) is 5.02 Å². The van der Waals surface area contributed by atoms with Crippen molar-refractivity contribution in [1.29, 1.82) is 0 Å². The van der Waals surface area contributed by atoms with Crippen LogP contribution < -0.4 is 5.32 Å². The SMILES string of the molecule is O=C(Nc1c(F)cccc1F)c1cccc([N+](=O)[O-])c1Cl. The average Bonchev–Trinajstić information content (AvgIpc) is 2.42. The third-order valence-electron chi connectivity index (χ3n) is 2.62. The van der Waals surface area contributed by atoms with Crippen LogP contribution in [0, 0.1) is 21.7 Å². The van der Waals surface area contributed by atoms with Crippen molar-refractivity contribution in [1.82, 2.24) is 0 Å². The third kappa shape index (κ3) is 2.97. The molecule has 0 aliphatic heterocycles. The maximum absolute atomic E-state index is 13.4. The first-order valence-corrected chi connectivity index (χ1v) is 5.98. The van der Waals surface area contributed by atoms with Crippen LogP contribution in [0.4, 0.5) is 20.2 Å². The van der Waals surface area contributed by atoms with Crippen LogP contribution in [-0.2, 0) is 0 Å². The van der Waals surface area contributed by atoms with E-state index in [1.807, 2.05) is 5.32 Å². The molecule has 0 saturated heterocycles. The van der Waals surface area contributed by atoms with Gasteiger partial charge in [0.25, 0.3) is 11.6 Å². The number of amides is 1. The van der Waals surface area contributed by atoms with Gasteiger partial charge in [0.15, 0.2) is 0 Å².